The van der Waals surface area contributed by atoms with Crippen LogP contribution in [0.1, 0.15) is 38.3 Å². The molecule has 166 valence electrons. The average molecular weight is 458 g/mol. The van der Waals surface area contributed by atoms with Crippen LogP contribution in [0.4, 0.5) is 5.69 Å². The molecule has 0 fully saturated rings. The molecule has 0 radical (unpaired) electrons. The number of benzene rings is 2. The van der Waals surface area contributed by atoms with Crippen molar-refractivity contribution in [1.29, 1.82) is 0 Å². The first kappa shape index (κ1) is 21.8. The fraction of sp³-hybridized carbons (Fsp3) is 0.273. The standard InChI is InChI=1S/C22H20ClN3O6/c1-13-3-5-15(6-4-13)9-25-21(23)19(14(2)24-25)22(27)31-11-17-8-18(26(28)29)7-16-10-30-12-32-20(16)17/h3-8H,9-12H2,1-2H3. The van der Waals surface area contributed by atoms with Gasteiger partial charge in [0, 0.05) is 23.3 Å². The Morgan fingerprint density at radius 1 is 1.28 bits per heavy atom. The molecule has 0 atom stereocenters. The van der Waals surface area contributed by atoms with Crippen molar-refractivity contribution >= 4 is 23.3 Å². The number of carbonyl (C=O) groups excluding carboxylic acids is 1. The van der Waals surface area contributed by atoms with Crippen LogP contribution in [0.15, 0.2) is 36.4 Å². The van der Waals surface area contributed by atoms with Crippen molar-refractivity contribution in [3.8, 4) is 5.75 Å². The minimum absolute atomic E-state index is 0.0163. The highest BCUT2D eigenvalue weighted by atomic mass is 35.5. The molecule has 9 nitrogen and oxygen atoms in total. The summed E-state index contributed by atoms with van der Waals surface area (Å²) in [7, 11) is 0. The van der Waals surface area contributed by atoms with E-state index in [9.17, 15) is 14.9 Å². The molecule has 0 saturated carbocycles. The number of hydrogen-bond acceptors (Lipinski definition) is 7. The minimum atomic E-state index is -0.671. The van der Waals surface area contributed by atoms with Crippen molar-refractivity contribution in [2.75, 3.05) is 6.79 Å². The second kappa shape index (κ2) is 8.97. The maximum atomic E-state index is 12.8. The molecule has 0 aliphatic carbocycles. The highest BCUT2D eigenvalue weighted by molar-refractivity contribution is 6.32. The number of ether oxygens (including phenoxy) is 3. The van der Waals surface area contributed by atoms with Gasteiger partial charge >= 0.3 is 5.97 Å². The van der Waals surface area contributed by atoms with Gasteiger partial charge in [-0.1, -0.05) is 41.4 Å². The van der Waals surface area contributed by atoms with Gasteiger partial charge in [-0.2, -0.15) is 5.10 Å². The lowest BCUT2D eigenvalue weighted by atomic mass is 10.1. The molecule has 0 saturated heterocycles. The lowest BCUT2D eigenvalue weighted by Crippen LogP contribution is -2.15. The van der Waals surface area contributed by atoms with Crippen LogP contribution in [0, 0.1) is 24.0 Å². The van der Waals surface area contributed by atoms with E-state index in [-0.39, 0.29) is 36.4 Å². The predicted octanol–water partition coefficient (Wildman–Crippen LogP) is 4.33. The number of halogens is 1. The van der Waals surface area contributed by atoms with Gasteiger partial charge in [0.25, 0.3) is 5.69 Å². The van der Waals surface area contributed by atoms with E-state index in [1.807, 2.05) is 31.2 Å². The molecular formula is C22H20ClN3O6. The first-order chi connectivity index (χ1) is 15.3. The van der Waals surface area contributed by atoms with Crippen molar-refractivity contribution in [1.82, 2.24) is 9.78 Å². The second-order valence-electron chi connectivity index (χ2n) is 7.43. The van der Waals surface area contributed by atoms with E-state index in [4.69, 9.17) is 25.8 Å². The first-order valence-corrected chi connectivity index (χ1v) is 10.2. The average Bonchev–Trinajstić information content (AvgIpc) is 3.05. The summed E-state index contributed by atoms with van der Waals surface area (Å²) in [5.74, 6) is -0.248. The van der Waals surface area contributed by atoms with Crippen LogP contribution in [0.5, 0.6) is 5.75 Å². The Balaban J connectivity index is 1.54. The van der Waals surface area contributed by atoms with E-state index in [2.05, 4.69) is 5.10 Å². The summed E-state index contributed by atoms with van der Waals surface area (Å²) in [5.41, 5.74) is 3.48. The van der Waals surface area contributed by atoms with E-state index in [0.717, 1.165) is 11.1 Å². The molecule has 0 amide bonds. The van der Waals surface area contributed by atoms with Crippen LogP contribution in [-0.2, 0) is 29.2 Å². The van der Waals surface area contributed by atoms with Crippen molar-refractivity contribution in [2.45, 2.75) is 33.6 Å². The van der Waals surface area contributed by atoms with E-state index in [0.29, 0.717) is 29.1 Å². The topological polar surface area (TPSA) is 106 Å². The number of nitro groups is 1. The fourth-order valence-electron chi connectivity index (χ4n) is 3.47. The molecule has 0 unspecified atom stereocenters. The molecule has 1 aromatic heterocycles. The van der Waals surface area contributed by atoms with Crippen LogP contribution >= 0.6 is 11.6 Å². The molecule has 0 bridgehead atoms. The Bertz CT molecular complexity index is 1190. The molecule has 4 rings (SSSR count). The third-order valence-corrected chi connectivity index (χ3v) is 5.45. The summed E-state index contributed by atoms with van der Waals surface area (Å²) in [5, 5.41) is 15.8. The highest BCUT2D eigenvalue weighted by Gasteiger charge is 2.25. The zero-order valence-electron chi connectivity index (χ0n) is 17.5. The van der Waals surface area contributed by atoms with E-state index >= 15 is 0 Å². The zero-order chi connectivity index (χ0) is 22.8. The molecule has 0 N–H and O–H groups in total. The lowest BCUT2D eigenvalue weighted by Gasteiger charge is -2.20. The fourth-order valence-corrected chi connectivity index (χ4v) is 3.78. The number of non-ortho nitro benzene ring substituents is 1. The predicted molar refractivity (Wildman–Crippen MR) is 115 cm³/mol. The van der Waals surface area contributed by atoms with Crippen LogP contribution in [-0.4, -0.2) is 27.5 Å². The molecule has 10 heteroatoms. The number of fused-ring (bicyclic) bond motifs is 1. The molecule has 3 aromatic rings. The van der Waals surface area contributed by atoms with E-state index < -0.39 is 10.9 Å². The number of nitrogens with zero attached hydrogens (tertiary/aromatic N) is 3. The molecule has 0 spiro atoms. The maximum Gasteiger partial charge on any atom is 0.343 e. The number of aryl methyl sites for hydroxylation is 2. The molecule has 2 heterocycles. The molecule has 1 aliphatic rings. The molecular weight excluding hydrogens is 438 g/mol. The smallest absolute Gasteiger partial charge is 0.343 e. The van der Waals surface area contributed by atoms with Gasteiger partial charge in [0.1, 0.15) is 23.1 Å². The van der Waals surface area contributed by atoms with Gasteiger partial charge in [0.2, 0.25) is 0 Å². The van der Waals surface area contributed by atoms with Crippen molar-refractivity contribution in [3.05, 3.63) is 85.2 Å². The van der Waals surface area contributed by atoms with E-state index in [1.54, 1.807) is 6.92 Å². The molecule has 1 aliphatic heterocycles. The van der Waals surface area contributed by atoms with Crippen LogP contribution < -0.4 is 4.74 Å². The van der Waals surface area contributed by atoms with E-state index in [1.165, 1.54) is 16.8 Å². The Labute approximate surface area is 188 Å². The van der Waals surface area contributed by atoms with Gasteiger partial charge in [0.15, 0.2) is 6.79 Å². The molecule has 2 aromatic carbocycles. The highest BCUT2D eigenvalue weighted by Crippen LogP contribution is 2.33. The summed E-state index contributed by atoms with van der Waals surface area (Å²) in [6, 6.07) is 10.6. The van der Waals surface area contributed by atoms with Gasteiger partial charge in [-0.15, -0.1) is 0 Å². The minimum Gasteiger partial charge on any atom is -0.467 e. The van der Waals surface area contributed by atoms with Crippen molar-refractivity contribution in [3.63, 3.8) is 0 Å². The first-order valence-electron chi connectivity index (χ1n) is 9.79. The summed E-state index contributed by atoms with van der Waals surface area (Å²) < 4.78 is 17.6. The normalized spacial score (nSPS) is 12.7. The Morgan fingerprint density at radius 3 is 2.75 bits per heavy atom. The lowest BCUT2D eigenvalue weighted by molar-refractivity contribution is -0.385. The number of rotatable bonds is 6. The summed E-state index contributed by atoms with van der Waals surface area (Å²) >= 11 is 6.44. The SMILES string of the molecule is Cc1ccc(Cn2nc(C)c(C(=O)OCc3cc([N+](=O)[O-])cc4c3OCOC4)c2Cl)cc1. The third-order valence-electron chi connectivity index (χ3n) is 5.06. The van der Waals surface area contributed by atoms with Crippen LogP contribution in [0.25, 0.3) is 0 Å². The second-order valence-corrected chi connectivity index (χ2v) is 7.79. The van der Waals surface area contributed by atoms with Crippen molar-refractivity contribution in [2.24, 2.45) is 0 Å². The van der Waals surface area contributed by atoms with Gasteiger partial charge < -0.3 is 14.2 Å². The number of aromatic nitrogens is 2. The summed E-state index contributed by atoms with van der Waals surface area (Å²) in [6.07, 6.45) is 0. The zero-order valence-corrected chi connectivity index (χ0v) is 18.2. The summed E-state index contributed by atoms with van der Waals surface area (Å²) in [6.45, 7) is 4.04. The monoisotopic (exact) mass is 457 g/mol. The Kier molecular flexibility index (Phi) is 6.11. The largest absolute Gasteiger partial charge is 0.467 e. The Hall–Kier alpha value is -3.43. The van der Waals surface area contributed by atoms with Crippen molar-refractivity contribution < 1.29 is 23.9 Å². The quantitative estimate of drug-likeness (QED) is 0.308. The number of esters is 1. The van der Waals surface area contributed by atoms with Gasteiger partial charge in [0.05, 0.1) is 23.8 Å². The number of hydrogen-bond donors (Lipinski definition) is 0. The maximum absolute atomic E-state index is 12.8. The van der Waals surface area contributed by atoms with Crippen LogP contribution in [0.2, 0.25) is 5.15 Å². The molecule has 32 heavy (non-hydrogen) atoms. The van der Waals surface area contributed by atoms with Gasteiger partial charge in [-0.25, -0.2) is 9.48 Å². The Morgan fingerprint density at radius 2 is 2.03 bits per heavy atom. The third kappa shape index (κ3) is 4.44. The van der Waals surface area contributed by atoms with Gasteiger partial charge in [-0.3, -0.25) is 10.1 Å². The summed E-state index contributed by atoms with van der Waals surface area (Å²) in [4.78, 5) is 23.5. The number of nitro benzene ring substituents is 1. The van der Waals surface area contributed by atoms with Gasteiger partial charge in [-0.05, 0) is 19.4 Å². The van der Waals surface area contributed by atoms with Crippen LogP contribution in [0.3, 0.4) is 0 Å². The number of carbonyl (C=O) groups is 1.